The summed E-state index contributed by atoms with van der Waals surface area (Å²) in [6, 6.07) is 19.9. The van der Waals surface area contributed by atoms with E-state index in [0.717, 1.165) is 40.6 Å². The number of hydrogen-bond acceptors (Lipinski definition) is 5. The van der Waals surface area contributed by atoms with Crippen molar-refractivity contribution in [2.24, 2.45) is 0 Å². The van der Waals surface area contributed by atoms with Gasteiger partial charge in [0.05, 0.1) is 24.3 Å². The maximum atomic E-state index is 13.4. The molecule has 0 spiro atoms. The minimum atomic E-state index is -0.856. The van der Waals surface area contributed by atoms with Crippen molar-refractivity contribution in [2.75, 3.05) is 12.1 Å². The summed E-state index contributed by atoms with van der Waals surface area (Å²) in [5.74, 6) is -0.430. The number of aryl methyl sites for hydroxylation is 1. The first-order valence-electron chi connectivity index (χ1n) is 11.6. The Morgan fingerprint density at radius 1 is 1.00 bits per heavy atom. The summed E-state index contributed by atoms with van der Waals surface area (Å²) in [4.78, 5) is 27.7. The minimum Gasteiger partial charge on any atom is -0.492 e. The molecule has 0 aliphatic heterocycles. The van der Waals surface area contributed by atoms with Crippen molar-refractivity contribution in [1.82, 2.24) is 4.98 Å². The third-order valence-electron chi connectivity index (χ3n) is 5.86. The fraction of sp³-hybridized carbons (Fsp3) is 0.214. The Morgan fingerprint density at radius 3 is 2.51 bits per heavy atom. The van der Waals surface area contributed by atoms with E-state index in [4.69, 9.17) is 15.1 Å². The lowest BCUT2D eigenvalue weighted by Gasteiger charge is -2.15. The van der Waals surface area contributed by atoms with Gasteiger partial charge in [0.1, 0.15) is 5.75 Å². The molecule has 0 saturated carbocycles. The summed E-state index contributed by atoms with van der Waals surface area (Å²) in [6.45, 7) is 2.44. The van der Waals surface area contributed by atoms with Gasteiger partial charge in [-0.1, -0.05) is 31.5 Å². The fourth-order valence-electron chi connectivity index (χ4n) is 4.21. The second-order valence-corrected chi connectivity index (χ2v) is 8.44. The molecule has 1 heterocycles. The van der Waals surface area contributed by atoms with E-state index >= 15 is 0 Å². The first-order valence-corrected chi connectivity index (χ1v) is 11.6. The molecule has 4 N–H and O–H groups in total. The van der Waals surface area contributed by atoms with Gasteiger partial charge in [-0.2, -0.15) is 0 Å². The molecular formula is C28H28N2O5. The standard InChI is InChI=1S/C28H28N2O5/c1-2-4-19-5-3-6-25(27(19)28(33)20-8-10-22(30-34)11-9-20)35-14-13-23-17-21-15-18(16-26(31)32)7-12-24(21)29-23/h3,5-12,15,17,29-30,34H,2,4,13-14,16H2,1H3,(H,31,32). The monoisotopic (exact) mass is 472 g/mol. The van der Waals surface area contributed by atoms with E-state index in [9.17, 15) is 9.59 Å². The highest BCUT2D eigenvalue weighted by Crippen LogP contribution is 2.28. The van der Waals surface area contributed by atoms with E-state index < -0.39 is 5.97 Å². The summed E-state index contributed by atoms with van der Waals surface area (Å²) >= 11 is 0. The average Bonchev–Trinajstić information content (AvgIpc) is 3.26. The van der Waals surface area contributed by atoms with Gasteiger partial charge >= 0.3 is 5.97 Å². The summed E-state index contributed by atoms with van der Waals surface area (Å²) in [7, 11) is 0. The number of anilines is 1. The first kappa shape index (κ1) is 24.0. The SMILES string of the molecule is CCCc1cccc(OCCc2cc3cc(CC(=O)O)ccc3[nH]2)c1C(=O)c1ccc(NO)cc1. The van der Waals surface area contributed by atoms with Gasteiger partial charge in [0, 0.05) is 23.2 Å². The summed E-state index contributed by atoms with van der Waals surface area (Å²) in [5.41, 5.74) is 7.27. The van der Waals surface area contributed by atoms with Crippen molar-refractivity contribution in [2.45, 2.75) is 32.6 Å². The van der Waals surface area contributed by atoms with Crippen molar-refractivity contribution in [3.05, 3.63) is 94.7 Å². The topological polar surface area (TPSA) is 112 Å². The van der Waals surface area contributed by atoms with Crippen LogP contribution in [0, 0.1) is 0 Å². The Morgan fingerprint density at radius 2 is 1.80 bits per heavy atom. The van der Waals surface area contributed by atoms with E-state index in [1.165, 1.54) is 0 Å². The van der Waals surface area contributed by atoms with Gasteiger partial charge in [-0.25, -0.2) is 0 Å². The van der Waals surface area contributed by atoms with Gasteiger partial charge in [0.2, 0.25) is 0 Å². The zero-order valence-corrected chi connectivity index (χ0v) is 19.5. The van der Waals surface area contributed by atoms with Crippen LogP contribution in [0.2, 0.25) is 0 Å². The zero-order chi connectivity index (χ0) is 24.8. The number of hydrogen-bond donors (Lipinski definition) is 4. The van der Waals surface area contributed by atoms with E-state index in [1.54, 1.807) is 24.3 Å². The highest BCUT2D eigenvalue weighted by Gasteiger charge is 2.19. The number of aromatic nitrogens is 1. The van der Waals surface area contributed by atoms with E-state index in [0.29, 0.717) is 35.6 Å². The molecule has 0 bridgehead atoms. The van der Waals surface area contributed by atoms with Crippen molar-refractivity contribution in [1.29, 1.82) is 0 Å². The third kappa shape index (κ3) is 5.70. The number of benzene rings is 3. The second kappa shape index (κ2) is 10.9. The molecular weight excluding hydrogens is 444 g/mol. The molecule has 0 aliphatic rings. The van der Waals surface area contributed by atoms with Crippen LogP contribution in [0.5, 0.6) is 5.75 Å². The molecule has 4 rings (SSSR count). The number of aromatic amines is 1. The Kier molecular flexibility index (Phi) is 7.48. The molecule has 7 heteroatoms. The van der Waals surface area contributed by atoms with Gasteiger partial charge in [0.15, 0.2) is 5.78 Å². The smallest absolute Gasteiger partial charge is 0.307 e. The van der Waals surface area contributed by atoms with Crippen LogP contribution in [0.25, 0.3) is 10.9 Å². The lowest BCUT2D eigenvalue weighted by Crippen LogP contribution is -2.11. The Bertz CT molecular complexity index is 1340. The quantitative estimate of drug-likeness (QED) is 0.172. The Balaban J connectivity index is 1.52. The predicted molar refractivity (Wildman–Crippen MR) is 135 cm³/mol. The molecule has 3 aromatic carbocycles. The van der Waals surface area contributed by atoms with Crippen LogP contribution in [0.1, 0.15) is 46.1 Å². The van der Waals surface area contributed by atoms with Gasteiger partial charge in [-0.15, -0.1) is 0 Å². The molecule has 0 atom stereocenters. The van der Waals surface area contributed by atoms with Crippen LogP contribution < -0.4 is 10.2 Å². The number of fused-ring (bicyclic) bond motifs is 1. The normalized spacial score (nSPS) is 10.9. The number of ketones is 1. The van der Waals surface area contributed by atoms with Gasteiger partial charge in [0.25, 0.3) is 0 Å². The molecule has 0 unspecified atom stereocenters. The molecule has 0 fully saturated rings. The van der Waals surface area contributed by atoms with Gasteiger partial charge in [-0.05, 0) is 71.5 Å². The maximum absolute atomic E-state index is 13.4. The zero-order valence-electron chi connectivity index (χ0n) is 19.5. The van der Waals surface area contributed by atoms with Crippen molar-refractivity contribution >= 4 is 28.3 Å². The first-order chi connectivity index (χ1) is 17.0. The summed E-state index contributed by atoms with van der Waals surface area (Å²) in [5, 5.41) is 19.0. The van der Waals surface area contributed by atoms with E-state index in [2.05, 4.69) is 17.4 Å². The van der Waals surface area contributed by atoms with Crippen molar-refractivity contribution < 1.29 is 24.6 Å². The molecule has 7 nitrogen and oxygen atoms in total. The molecule has 0 saturated heterocycles. The van der Waals surface area contributed by atoms with Gasteiger partial charge in [-0.3, -0.25) is 20.3 Å². The summed E-state index contributed by atoms with van der Waals surface area (Å²) in [6.07, 6.45) is 2.25. The van der Waals surface area contributed by atoms with Crippen molar-refractivity contribution in [3.8, 4) is 5.75 Å². The van der Waals surface area contributed by atoms with Crippen LogP contribution in [0.3, 0.4) is 0 Å². The lowest BCUT2D eigenvalue weighted by atomic mass is 9.95. The molecule has 0 aliphatic carbocycles. The highest BCUT2D eigenvalue weighted by molar-refractivity contribution is 6.11. The lowest BCUT2D eigenvalue weighted by molar-refractivity contribution is -0.136. The Labute approximate surface area is 203 Å². The molecule has 0 radical (unpaired) electrons. The number of nitrogens with one attached hydrogen (secondary N) is 2. The number of H-pyrrole nitrogens is 1. The van der Waals surface area contributed by atoms with E-state index in [-0.39, 0.29) is 12.2 Å². The number of carbonyl (C=O) groups is 2. The number of rotatable bonds is 11. The molecule has 180 valence electrons. The number of carboxylic acid groups (broad SMARTS) is 1. The van der Waals surface area contributed by atoms with E-state index in [1.807, 2.05) is 42.5 Å². The highest BCUT2D eigenvalue weighted by atomic mass is 16.5. The third-order valence-corrected chi connectivity index (χ3v) is 5.86. The van der Waals surface area contributed by atoms with Crippen LogP contribution >= 0.6 is 0 Å². The molecule has 1 aromatic heterocycles. The van der Waals surface area contributed by atoms with Crippen LogP contribution in [0.15, 0.2) is 66.7 Å². The van der Waals surface area contributed by atoms with Crippen LogP contribution in [0.4, 0.5) is 5.69 Å². The predicted octanol–water partition coefficient (Wildman–Crippen LogP) is 5.40. The maximum Gasteiger partial charge on any atom is 0.307 e. The number of carboxylic acids is 1. The van der Waals surface area contributed by atoms with Crippen LogP contribution in [-0.2, 0) is 24.1 Å². The van der Waals surface area contributed by atoms with Crippen molar-refractivity contribution in [3.63, 3.8) is 0 Å². The number of carbonyl (C=O) groups excluding carboxylic acids is 1. The second-order valence-electron chi connectivity index (χ2n) is 8.44. The molecule has 0 amide bonds. The largest absolute Gasteiger partial charge is 0.492 e. The fourth-order valence-corrected chi connectivity index (χ4v) is 4.21. The number of ether oxygens (including phenoxy) is 1. The summed E-state index contributed by atoms with van der Waals surface area (Å²) < 4.78 is 6.12. The average molecular weight is 473 g/mol. The number of aliphatic carboxylic acids is 1. The Hall–Kier alpha value is -4.10. The minimum absolute atomic E-state index is 0.0102. The molecule has 35 heavy (non-hydrogen) atoms. The van der Waals surface area contributed by atoms with Crippen LogP contribution in [-0.4, -0.2) is 33.7 Å². The van der Waals surface area contributed by atoms with Gasteiger partial charge < -0.3 is 14.8 Å². The molecule has 4 aromatic rings.